The largest absolute Gasteiger partial charge is 1.00 e. The van der Waals surface area contributed by atoms with E-state index in [9.17, 15) is 19.8 Å². The maximum absolute atomic E-state index is 11.1. The number of hydrogen-bond acceptors (Lipinski definition) is 4. The molecule has 0 aromatic heterocycles. The average molecular weight is 336 g/mol. The van der Waals surface area contributed by atoms with Crippen LogP contribution in [-0.2, 0) is 9.59 Å². The number of aliphatic carboxylic acids is 2. The zero-order valence-corrected chi connectivity index (χ0v) is 15.5. The maximum atomic E-state index is 11.1. The SMILES string of the molecule is CCCC/C=C/CC[N+](CO)(CC(C)C(=O)[O-])CC(C)C(=O)O.[Li+]. The molecule has 6 nitrogen and oxygen atoms in total. The summed E-state index contributed by atoms with van der Waals surface area (Å²) in [5.74, 6) is -3.52. The van der Waals surface area contributed by atoms with Gasteiger partial charge in [-0.05, 0) is 13.3 Å². The first-order valence-corrected chi connectivity index (χ1v) is 8.32. The van der Waals surface area contributed by atoms with Crippen molar-refractivity contribution < 1.29 is 48.3 Å². The summed E-state index contributed by atoms with van der Waals surface area (Å²) in [6.07, 6.45) is 8.02. The van der Waals surface area contributed by atoms with Gasteiger partial charge < -0.3 is 20.1 Å². The molecule has 0 fully saturated rings. The number of aliphatic hydroxyl groups excluding tert-OH is 1. The molecule has 0 bridgehead atoms. The van der Waals surface area contributed by atoms with Crippen LogP contribution in [0.2, 0.25) is 0 Å². The molecular weight excluding hydrogens is 305 g/mol. The third-order valence-electron chi connectivity index (χ3n) is 4.11. The molecule has 0 rings (SSSR count). The summed E-state index contributed by atoms with van der Waals surface area (Å²) in [4.78, 5) is 22.2. The van der Waals surface area contributed by atoms with Gasteiger partial charge in [-0.25, -0.2) is 0 Å². The number of carbonyl (C=O) groups excluding carboxylic acids is 1. The molecule has 7 heteroatoms. The first-order chi connectivity index (χ1) is 10.8. The van der Waals surface area contributed by atoms with E-state index in [0.29, 0.717) is 13.0 Å². The van der Waals surface area contributed by atoms with Crippen LogP contribution in [0.4, 0.5) is 0 Å². The molecule has 0 aromatic rings. The van der Waals surface area contributed by atoms with Crippen LogP contribution >= 0.6 is 0 Å². The van der Waals surface area contributed by atoms with Gasteiger partial charge in [0.05, 0.1) is 19.6 Å². The fraction of sp³-hybridized carbons (Fsp3) is 0.765. The van der Waals surface area contributed by atoms with E-state index < -0.39 is 23.8 Å². The molecule has 0 aliphatic carbocycles. The number of unbranched alkanes of at least 4 members (excludes halogenated alkanes) is 2. The van der Waals surface area contributed by atoms with Crippen LogP contribution in [-0.4, -0.2) is 53.0 Å². The number of quaternary nitrogens is 1. The van der Waals surface area contributed by atoms with E-state index in [0.717, 1.165) is 19.3 Å². The van der Waals surface area contributed by atoms with E-state index in [4.69, 9.17) is 5.11 Å². The smallest absolute Gasteiger partial charge is 0.550 e. The predicted octanol–water partition coefficient (Wildman–Crippen LogP) is -2.00. The third-order valence-corrected chi connectivity index (χ3v) is 4.11. The molecule has 24 heavy (non-hydrogen) atoms. The Morgan fingerprint density at radius 2 is 1.67 bits per heavy atom. The van der Waals surface area contributed by atoms with E-state index in [1.807, 2.05) is 6.08 Å². The maximum Gasteiger partial charge on any atom is 1.00 e. The summed E-state index contributed by atoms with van der Waals surface area (Å²) >= 11 is 0. The number of carboxylic acid groups (broad SMARTS) is 2. The van der Waals surface area contributed by atoms with Crippen molar-refractivity contribution in [2.75, 3.05) is 26.4 Å². The molecule has 0 aliphatic heterocycles. The molecule has 0 spiro atoms. The van der Waals surface area contributed by atoms with Crippen LogP contribution in [0.25, 0.3) is 0 Å². The van der Waals surface area contributed by atoms with Gasteiger partial charge >= 0.3 is 24.8 Å². The van der Waals surface area contributed by atoms with Crippen molar-refractivity contribution in [3.8, 4) is 0 Å². The molecular formula is C17H31LiNO5+. The van der Waals surface area contributed by atoms with Crippen LogP contribution in [0.5, 0.6) is 0 Å². The fourth-order valence-electron chi connectivity index (χ4n) is 2.66. The average Bonchev–Trinajstić information content (AvgIpc) is 2.50. The molecule has 3 atom stereocenters. The fourth-order valence-corrected chi connectivity index (χ4v) is 2.66. The Bertz CT molecular complexity index is 378. The van der Waals surface area contributed by atoms with Gasteiger partial charge in [0.25, 0.3) is 0 Å². The van der Waals surface area contributed by atoms with Crippen molar-refractivity contribution >= 4 is 11.9 Å². The van der Waals surface area contributed by atoms with Gasteiger partial charge in [-0.3, -0.25) is 9.28 Å². The van der Waals surface area contributed by atoms with E-state index >= 15 is 0 Å². The summed E-state index contributed by atoms with van der Waals surface area (Å²) in [6.45, 7) is 5.82. The molecule has 0 saturated heterocycles. The van der Waals surface area contributed by atoms with E-state index in [1.165, 1.54) is 6.92 Å². The summed E-state index contributed by atoms with van der Waals surface area (Å²) in [5.41, 5.74) is 0. The minimum Gasteiger partial charge on any atom is -0.550 e. The molecule has 2 N–H and O–H groups in total. The normalized spacial score (nSPS) is 16.2. The molecule has 0 amide bonds. The molecule has 0 aliphatic rings. The Kier molecular flexibility index (Phi) is 14.3. The minimum atomic E-state index is -1.18. The standard InChI is InChI=1S/C17H31NO5.Li/c1-4-5-6-7-8-9-10-18(13-19,11-14(2)16(20)21)12-15(3)17(22)23;/h7-8,14-15,19H,4-6,9-13H2,1-3H3,(H-,20,21,22,23);/q;+1/b8-7+;. The zero-order valence-electron chi connectivity index (χ0n) is 15.5. The van der Waals surface area contributed by atoms with Gasteiger partial charge in [0.1, 0.15) is 5.92 Å². The van der Waals surface area contributed by atoms with Gasteiger partial charge in [-0.1, -0.05) is 38.8 Å². The summed E-state index contributed by atoms with van der Waals surface area (Å²) in [6, 6.07) is 0. The number of carbonyl (C=O) groups is 2. The van der Waals surface area contributed by atoms with E-state index in [-0.39, 0.29) is 43.2 Å². The second kappa shape index (κ2) is 13.5. The summed E-state index contributed by atoms with van der Waals surface area (Å²) in [5, 5.41) is 30.0. The van der Waals surface area contributed by atoms with Crippen LogP contribution in [0.1, 0.15) is 46.5 Å². The van der Waals surface area contributed by atoms with Crippen LogP contribution < -0.4 is 24.0 Å². The van der Waals surface area contributed by atoms with Crippen molar-refractivity contribution in [1.82, 2.24) is 0 Å². The topological polar surface area (TPSA) is 97.7 Å². The number of rotatable bonds is 13. The molecule has 0 saturated carbocycles. The summed E-state index contributed by atoms with van der Waals surface area (Å²) in [7, 11) is 0. The Hall–Kier alpha value is -0.803. The Balaban J connectivity index is 0. The molecule has 134 valence electrons. The van der Waals surface area contributed by atoms with Crippen molar-refractivity contribution in [1.29, 1.82) is 0 Å². The Morgan fingerprint density at radius 1 is 1.12 bits per heavy atom. The third kappa shape index (κ3) is 10.1. The van der Waals surface area contributed by atoms with E-state index in [2.05, 4.69) is 13.0 Å². The zero-order chi connectivity index (χ0) is 17.9. The van der Waals surface area contributed by atoms with Gasteiger partial charge in [-0.2, -0.15) is 0 Å². The van der Waals surface area contributed by atoms with Crippen LogP contribution in [0, 0.1) is 11.8 Å². The first-order valence-electron chi connectivity index (χ1n) is 8.32. The van der Waals surface area contributed by atoms with Crippen LogP contribution in [0.3, 0.4) is 0 Å². The van der Waals surface area contributed by atoms with Crippen molar-refractivity contribution in [2.45, 2.75) is 46.5 Å². The number of aliphatic hydroxyl groups is 1. The molecule has 3 unspecified atom stereocenters. The van der Waals surface area contributed by atoms with Gasteiger partial charge in [0, 0.05) is 18.3 Å². The van der Waals surface area contributed by atoms with Gasteiger partial charge in [0.15, 0.2) is 6.73 Å². The monoisotopic (exact) mass is 336 g/mol. The van der Waals surface area contributed by atoms with E-state index in [1.54, 1.807) is 6.92 Å². The van der Waals surface area contributed by atoms with Crippen molar-refractivity contribution in [3.63, 3.8) is 0 Å². The second-order valence-electron chi connectivity index (χ2n) is 6.43. The number of allylic oxidation sites excluding steroid dienone is 1. The van der Waals surface area contributed by atoms with Crippen molar-refractivity contribution in [2.24, 2.45) is 11.8 Å². The number of hydrogen-bond donors (Lipinski definition) is 2. The quantitative estimate of drug-likeness (QED) is 0.133. The first kappa shape index (κ1) is 25.4. The molecule has 0 radical (unpaired) electrons. The number of nitrogens with zero attached hydrogens (tertiary/aromatic N) is 1. The molecule has 0 aromatic carbocycles. The predicted molar refractivity (Wildman–Crippen MR) is 86.2 cm³/mol. The van der Waals surface area contributed by atoms with Gasteiger partial charge in [0.2, 0.25) is 0 Å². The number of carboxylic acids is 2. The Morgan fingerprint density at radius 3 is 2.12 bits per heavy atom. The summed E-state index contributed by atoms with van der Waals surface area (Å²) < 4.78 is 0.0563. The van der Waals surface area contributed by atoms with Gasteiger partial charge in [-0.15, -0.1) is 0 Å². The van der Waals surface area contributed by atoms with Crippen molar-refractivity contribution in [3.05, 3.63) is 12.2 Å². The second-order valence-corrected chi connectivity index (χ2v) is 6.43. The minimum absolute atomic E-state index is 0. The molecule has 0 heterocycles. The van der Waals surface area contributed by atoms with Crippen LogP contribution in [0.15, 0.2) is 12.2 Å². The Labute approximate surface area is 157 Å².